The van der Waals surface area contributed by atoms with E-state index < -0.39 is 5.97 Å². The van der Waals surface area contributed by atoms with Gasteiger partial charge in [-0.2, -0.15) is 0 Å². The van der Waals surface area contributed by atoms with E-state index in [4.69, 9.17) is 4.74 Å². The first kappa shape index (κ1) is 31.5. The van der Waals surface area contributed by atoms with Crippen molar-refractivity contribution < 1.29 is 19.7 Å². The highest BCUT2D eigenvalue weighted by molar-refractivity contribution is 5.93. The molecule has 4 fully saturated rings. The lowest BCUT2D eigenvalue weighted by Crippen LogP contribution is -2.53. The fraction of sp³-hybridized carbons (Fsp3) is 0.763. The maximum atomic E-state index is 12.5. The van der Waals surface area contributed by atoms with Gasteiger partial charge in [0.1, 0.15) is 0 Å². The second-order valence-corrected chi connectivity index (χ2v) is 16.0. The molecular weight excluding hydrogens is 520 g/mol. The number of phenols is 1. The van der Waals surface area contributed by atoms with Crippen molar-refractivity contribution in [2.75, 3.05) is 7.11 Å². The Morgan fingerprint density at radius 2 is 1.69 bits per heavy atom. The summed E-state index contributed by atoms with van der Waals surface area (Å²) in [6, 6.07) is 5.09. The molecule has 0 radical (unpaired) electrons. The number of benzene rings is 1. The standard InChI is InChI=1S/C38H58O4/c1-23(2)24(3)8-9-25(4)31-13-14-32-29-12-11-28-22-27(16-18-37(28,5)33(29)17-19-38(31,32)6)30(36(40)41)20-26-10-15-34(39)35(21-26)42-7/h10,15,20-21,23-25,27-29,31-33,39H,8-9,11-14,16-19,22H2,1-7H3,(H,40,41)/b30-20-/t24?,25-,27?,28?,29?,31-,32?,33?,37+,38-/m1/s1. The minimum atomic E-state index is -0.813. The molecule has 4 saturated carbocycles. The number of aromatic hydroxyl groups is 1. The molecule has 0 aromatic heterocycles. The maximum Gasteiger partial charge on any atom is 0.331 e. The molecule has 5 rings (SSSR count). The van der Waals surface area contributed by atoms with Crippen molar-refractivity contribution in [1.82, 2.24) is 0 Å². The molecule has 42 heavy (non-hydrogen) atoms. The summed E-state index contributed by atoms with van der Waals surface area (Å²) < 4.78 is 5.27. The minimum Gasteiger partial charge on any atom is -0.504 e. The van der Waals surface area contributed by atoms with Crippen LogP contribution < -0.4 is 4.74 Å². The van der Waals surface area contributed by atoms with Crippen LogP contribution in [-0.4, -0.2) is 23.3 Å². The third-order valence-corrected chi connectivity index (χ3v) is 13.9. The Balaban J connectivity index is 1.29. The van der Waals surface area contributed by atoms with Gasteiger partial charge in [0.15, 0.2) is 11.5 Å². The Morgan fingerprint density at radius 3 is 2.38 bits per heavy atom. The Labute approximate surface area is 255 Å². The number of fused-ring (bicyclic) bond motifs is 5. The quantitative estimate of drug-likeness (QED) is 0.286. The molecule has 6 unspecified atom stereocenters. The molecule has 1 aromatic carbocycles. The Kier molecular flexibility index (Phi) is 9.13. The minimum absolute atomic E-state index is 0.0732. The van der Waals surface area contributed by atoms with Gasteiger partial charge in [-0.25, -0.2) is 4.79 Å². The van der Waals surface area contributed by atoms with Crippen molar-refractivity contribution >= 4 is 12.0 Å². The van der Waals surface area contributed by atoms with E-state index in [0.29, 0.717) is 28.1 Å². The van der Waals surface area contributed by atoms with E-state index in [2.05, 4.69) is 41.5 Å². The average molecular weight is 579 g/mol. The number of carboxylic acid groups (broad SMARTS) is 1. The molecule has 0 bridgehead atoms. The van der Waals surface area contributed by atoms with Gasteiger partial charge in [-0.15, -0.1) is 0 Å². The predicted molar refractivity (Wildman–Crippen MR) is 171 cm³/mol. The van der Waals surface area contributed by atoms with Crippen molar-refractivity contribution in [2.24, 2.45) is 64.1 Å². The van der Waals surface area contributed by atoms with Crippen LogP contribution in [0.5, 0.6) is 11.5 Å². The summed E-state index contributed by atoms with van der Waals surface area (Å²) in [5, 5.41) is 20.3. The lowest BCUT2D eigenvalue weighted by Gasteiger charge is -2.61. The molecule has 0 aliphatic heterocycles. The largest absolute Gasteiger partial charge is 0.504 e. The monoisotopic (exact) mass is 578 g/mol. The zero-order valence-corrected chi connectivity index (χ0v) is 27.5. The van der Waals surface area contributed by atoms with Gasteiger partial charge in [0.25, 0.3) is 0 Å². The van der Waals surface area contributed by atoms with Crippen LogP contribution in [-0.2, 0) is 4.79 Å². The lowest BCUT2D eigenvalue weighted by molar-refractivity contribution is -0.135. The predicted octanol–water partition coefficient (Wildman–Crippen LogP) is 9.85. The van der Waals surface area contributed by atoms with Gasteiger partial charge in [-0.05, 0) is 146 Å². The topological polar surface area (TPSA) is 66.8 Å². The van der Waals surface area contributed by atoms with Crippen LogP contribution in [0.4, 0.5) is 0 Å². The normalized spacial score (nSPS) is 37.9. The van der Waals surface area contributed by atoms with Gasteiger partial charge in [-0.3, -0.25) is 0 Å². The van der Waals surface area contributed by atoms with Crippen LogP contribution in [0.25, 0.3) is 6.08 Å². The number of hydrogen-bond acceptors (Lipinski definition) is 3. The first-order chi connectivity index (χ1) is 19.9. The summed E-state index contributed by atoms with van der Waals surface area (Å²) in [6.07, 6.45) is 15.9. The van der Waals surface area contributed by atoms with Gasteiger partial charge in [0.05, 0.1) is 7.11 Å². The van der Waals surface area contributed by atoms with E-state index in [0.717, 1.165) is 66.3 Å². The van der Waals surface area contributed by atoms with Crippen molar-refractivity contribution in [2.45, 2.75) is 112 Å². The second-order valence-electron chi connectivity index (χ2n) is 16.0. The van der Waals surface area contributed by atoms with Crippen molar-refractivity contribution in [3.8, 4) is 11.5 Å². The highest BCUT2D eigenvalue weighted by atomic mass is 16.5. The molecule has 234 valence electrons. The van der Waals surface area contributed by atoms with Gasteiger partial charge >= 0.3 is 5.97 Å². The van der Waals surface area contributed by atoms with Gasteiger partial charge in [-0.1, -0.05) is 60.5 Å². The number of rotatable bonds is 9. The van der Waals surface area contributed by atoms with E-state index in [-0.39, 0.29) is 11.7 Å². The molecule has 2 N–H and O–H groups in total. The van der Waals surface area contributed by atoms with E-state index in [1.165, 1.54) is 58.5 Å². The molecule has 0 amide bonds. The third kappa shape index (κ3) is 5.65. The van der Waals surface area contributed by atoms with Crippen LogP contribution in [0.3, 0.4) is 0 Å². The Bertz CT molecular complexity index is 1150. The van der Waals surface area contributed by atoms with Gasteiger partial charge in [0.2, 0.25) is 0 Å². The van der Waals surface area contributed by atoms with Crippen molar-refractivity contribution in [3.63, 3.8) is 0 Å². The average Bonchev–Trinajstić information content (AvgIpc) is 3.32. The van der Waals surface area contributed by atoms with E-state index in [9.17, 15) is 15.0 Å². The summed E-state index contributed by atoms with van der Waals surface area (Å²) in [5.74, 6) is 6.15. The SMILES string of the molecule is COc1cc(/C=C(\C(=O)O)C2CC[C@@]3(C)C(CCC4C3CC[C@@]3(C)C4CC[C@@H]3[C@H](C)CCC(C)C(C)C)C2)ccc1O. The molecular formula is C38H58O4. The molecule has 10 atom stereocenters. The van der Waals surface area contributed by atoms with E-state index >= 15 is 0 Å². The molecule has 0 heterocycles. The highest BCUT2D eigenvalue weighted by Crippen LogP contribution is 2.69. The van der Waals surface area contributed by atoms with Crippen LogP contribution in [0.1, 0.15) is 118 Å². The molecule has 4 aliphatic rings. The molecule has 4 aliphatic carbocycles. The lowest BCUT2D eigenvalue weighted by atomic mass is 9.43. The fourth-order valence-electron chi connectivity index (χ4n) is 10.9. The number of hydrogen-bond donors (Lipinski definition) is 2. The Morgan fingerprint density at radius 1 is 0.976 bits per heavy atom. The molecule has 0 spiro atoms. The number of phenolic OH excluding ortho intramolecular Hbond substituents is 1. The first-order valence-electron chi connectivity index (χ1n) is 17.2. The van der Waals surface area contributed by atoms with Crippen LogP contribution in [0.2, 0.25) is 0 Å². The van der Waals surface area contributed by atoms with E-state index in [1.807, 2.05) is 6.08 Å². The van der Waals surface area contributed by atoms with E-state index in [1.54, 1.807) is 18.2 Å². The highest BCUT2D eigenvalue weighted by Gasteiger charge is 2.60. The number of ether oxygens (including phenoxy) is 1. The number of methoxy groups -OCH3 is 1. The molecule has 0 saturated heterocycles. The van der Waals surface area contributed by atoms with Gasteiger partial charge in [0, 0.05) is 5.57 Å². The summed E-state index contributed by atoms with van der Waals surface area (Å²) >= 11 is 0. The molecule has 1 aromatic rings. The third-order valence-electron chi connectivity index (χ3n) is 13.9. The summed E-state index contributed by atoms with van der Waals surface area (Å²) in [7, 11) is 1.52. The smallest absolute Gasteiger partial charge is 0.331 e. The van der Waals surface area contributed by atoms with Crippen LogP contribution in [0.15, 0.2) is 23.8 Å². The summed E-state index contributed by atoms with van der Waals surface area (Å²) in [6.45, 7) is 15.0. The number of carboxylic acids is 1. The second kappa shape index (κ2) is 12.2. The van der Waals surface area contributed by atoms with Crippen LogP contribution in [0, 0.1) is 64.1 Å². The van der Waals surface area contributed by atoms with Crippen molar-refractivity contribution in [3.05, 3.63) is 29.3 Å². The van der Waals surface area contributed by atoms with Crippen LogP contribution >= 0.6 is 0 Å². The fourth-order valence-corrected chi connectivity index (χ4v) is 10.9. The van der Waals surface area contributed by atoms with Gasteiger partial charge < -0.3 is 14.9 Å². The number of aliphatic carboxylic acids is 1. The molecule has 4 heteroatoms. The zero-order valence-electron chi connectivity index (χ0n) is 27.5. The maximum absolute atomic E-state index is 12.5. The number of carbonyl (C=O) groups is 1. The summed E-state index contributed by atoms with van der Waals surface area (Å²) in [4.78, 5) is 12.5. The molecule has 4 nitrogen and oxygen atoms in total. The Hall–Kier alpha value is -1.97. The van der Waals surface area contributed by atoms with Crippen molar-refractivity contribution in [1.29, 1.82) is 0 Å². The zero-order chi connectivity index (χ0) is 30.4. The summed E-state index contributed by atoms with van der Waals surface area (Å²) in [5.41, 5.74) is 2.13. The first-order valence-corrected chi connectivity index (χ1v) is 17.2.